The molecule has 1 fully saturated rings. The van der Waals surface area contributed by atoms with Gasteiger partial charge in [0.15, 0.2) is 0 Å². The van der Waals surface area contributed by atoms with Gasteiger partial charge < -0.3 is 4.90 Å². The van der Waals surface area contributed by atoms with Gasteiger partial charge in [-0.1, -0.05) is 53.5 Å². The third-order valence-electron chi connectivity index (χ3n) is 4.80. The van der Waals surface area contributed by atoms with Crippen LogP contribution in [-0.4, -0.2) is 18.1 Å². The van der Waals surface area contributed by atoms with Crippen LogP contribution in [0.4, 0.5) is 5.82 Å². The molecule has 0 bridgehead atoms. The fourth-order valence-corrected chi connectivity index (χ4v) is 4.16. The van der Waals surface area contributed by atoms with E-state index in [0.29, 0.717) is 10.0 Å². The molecule has 0 aliphatic carbocycles. The number of nitrogens with zero attached hydrogens (tertiary/aromatic N) is 2. The lowest BCUT2D eigenvalue weighted by Gasteiger charge is -2.30. The van der Waals surface area contributed by atoms with E-state index < -0.39 is 0 Å². The molecule has 1 aliphatic rings. The molecule has 0 saturated carbocycles. The molecule has 0 spiro atoms. The quantitative estimate of drug-likeness (QED) is 0.520. The van der Waals surface area contributed by atoms with Gasteiger partial charge in [-0.15, -0.1) is 0 Å². The first-order chi connectivity index (χ1) is 12.1. The SMILES string of the molecule is [CH2]c1c(N2CCCCC2)nc2c(Cl)cc(Cl)cc2c1-c1ccccc1. The van der Waals surface area contributed by atoms with Gasteiger partial charge in [0, 0.05) is 29.1 Å². The number of fused-ring (bicyclic) bond motifs is 1. The number of benzene rings is 2. The Morgan fingerprint density at radius 1 is 0.960 bits per heavy atom. The van der Waals surface area contributed by atoms with Crippen LogP contribution in [-0.2, 0) is 0 Å². The Bertz CT molecular complexity index is 916. The van der Waals surface area contributed by atoms with E-state index in [-0.39, 0.29) is 0 Å². The lowest BCUT2D eigenvalue weighted by atomic mass is 9.95. The summed E-state index contributed by atoms with van der Waals surface area (Å²) in [6, 6.07) is 14.0. The average Bonchev–Trinajstić information content (AvgIpc) is 2.63. The Morgan fingerprint density at radius 3 is 2.40 bits per heavy atom. The molecule has 2 heterocycles. The molecule has 0 unspecified atom stereocenters. The molecule has 127 valence electrons. The first-order valence-corrected chi connectivity index (χ1v) is 9.36. The highest BCUT2D eigenvalue weighted by molar-refractivity contribution is 6.38. The zero-order valence-corrected chi connectivity index (χ0v) is 15.4. The second-order valence-electron chi connectivity index (χ2n) is 6.49. The number of hydrogen-bond donors (Lipinski definition) is 0. The number of anilines is 1. The minimum absolute atomic E-state index is 0.581. The van der Waals surface area contributed by atoms with Crippen LogP contribution in [0.1, 0.15) is 24.8 Å². The molecular weight excluding hydrogens is 351 g/mol. The third kappa shape index (κ3) is 3.09. The monoisotopic (exact) mass is 369 g/mol. The van der Waals surface area contributed by atoms with Crippen molar-refractivity contribution in [3.05, 3.63) is 65.0 Å². The highest BCUT2D eigenvalue weighted by Crippen LogP contribution is 2.40. The van der Waals surface area contributed by atoms with Gasteiger partial charge in [0.2, 0.25) is 0 Å². The van der Waals surface area contributed by atoms with Gasteiger partial charge >= 0.3 is 0 Å². The zero-order valence-electron chi connectivity index (χ0n) is 13.9. The highest BCUT2D eigenvalue weighted by Gasteiger charge is 2.21. The predicted octanol–water partition coefficient (Wildman–Crippen LogP) is 6.38. The van der Waals surface area contributed by atoms with E-state index >= 15 is 0 Å². The van der Waals surface area contributed by atoms with Crippen LogP contribution in [0.2, 0.25) is 10.0 Å². The summed E-state index contributed by atoms with van der Waals surface area (Å²) in [5.41, 5.74) is 3.91. The van der Waals surface area contributed by atoms with Gasteiger partial charge in [0.25, 0.3) is 0 Å². The van der Waals surface area contributed by atoms with E-state index in [9.17, 15) is 0 Å². The van der Waals surface area contributed by atoms with Crippen LogP contribution < -0.4 is 4.90 Å². The molecule has 4 heteroatoms. The number of piperidine rings is 1. The van der Waals surface area contributed by atoms with E-state index in [1.54, 1.807) is 6.07 Å². The van der Waals surface area contributed by atoms with Crippen LogP contribution in [0.25, 0.3) is 22.0 Å². The van der Waals surface area contributed by atoms with Gasteiger partial charge in [0.1, 0.15) is 5.82 Å². The summed E-state index contributed by atoms with van der Waals surface area (Å²) >= 11 is 12.8. The summed E-state index contributed by atoms with van der Waals surface area (Å²) in [7, 11) is 0. The fraction of sp³-hybridized carbons (Fsp3) is 0.238. The summed E-state index contributed by atoms with van der Waals surface area (Å²) in [5.74, 6) is 0.940. The maximum absolute atomic E-state index is 6.50. The summed E-state index contributed by atoms with van der Waals surface area (Å²) in [5, 5.41) is 2.15. The van der Waals surface area contributed by atoms with Crippen molar-refractivity contribution in [2.24, 2.45) is 0 Å². The van der Waals surface area contributed by atoms with E-state index in [2.05, 4.69) is 24.0 Å². The lowest BCUT2D eigenvalue weighted by molar-refractivity contribution is 0.573. The minimum atomic E-state index is 0.581. The molecule has 2 aromatic carbocycles. The molecule has 4 rings (SSSR count). The Balaban J connectivity index is 2.03. The standard InChI is InChI=1S/C21H19Cl2N2/c1-14-19(15-8-4-2-5-9-15)17-12-16(22)13-18(23)20(17)24-21(14)25-10-6-3-7-11-25/h2,4-5,8-9,12-13H,1,3,6-7,10-11H2. The average molecular weight is 370 g/mol. The molecule has 0 atom stereocenters. The first-order valence-electron chi connectivity index (χ1n) is 8.60. The molecule has 0 amide bonds. The number of pyridine rings is 1. The topological polar surface area (TPSA) is 16.1 Å². The summed E-state index contributed by atoms with van der Waals surface area (Å²) in [6.07, 6.45) is 3.65. The number of hydrogen-bond acceptors (Lipinski definition) is 2. The van der Waals surface area contributed by atoms with Gasteiger partial charge in [-0.2, -0.15) is 0 Å². The van der Waals surface area contributed by atoms with Crippen molar-refractivity contribution in [1.29, 1.82) is 0 Å². The second-order valence-corrected chi connectivity index (χ2v) is 7.33. The Hall–Kier alpha value is -1.77. The molecule has 2 nitrogen and oxygen atoms in total. The Morgan fingerprint density at radius 2 is 1.68 bits per heavy atom. The molecule has 25 heavy (non-hydrogen) atoms. The van der Waals surface area contributed by atoms with Crippen molar-refractivity contribution in [2.75, 3.05) is 18.0 Å². The van der Waals surface area contributed by atoms with Crippen LogP contribution in [0, 0.1) is 6.92 Å². The van der Waals surface area contributed by atoms with E-state index in [1.807, 2.05) is 24.3 Å². The second kappa shape index (κ2) is 6.86. The van der Waals surface area contributed by atoms with Crippen molar-refractivity contribution in [2.45, 2.75) is 19.3 Å². The maximum Gasteiger partial charge on any atom is 0.133 e. The Kier molecular flexibility index (Phi) is 4.58. The van der Waals surface area contributed by atoms with Crippen molar-refractivity contribution < 1.29 is 0 Å². The fourth-order valence-electron chi connectivity index (χ4n) is 3.62. The molecule has 1 radical (unpaired) electrons. The molecule has 0 N–H and O–H groups in total. The number of aromatic nitrogens is 1. The summed E-state index contributed by atoms with van der Waals surface area (Å²) in [6.45, 7) is 6.42. The number of halogens is 2. The highest BCUT2D eigenvalue weighted by atomic mass is 35.5. The summed E-state index contributed by atoms with van der Waals surface area (Å²) < 4.78 is 0. The molecular formula is C21H19Cl2N2. The van der Waals surface area contributed by atoms with Gasteiger partial charge in [-0.25, -0.2) is 4.98 Å². The largest absolute Gasteiger partial charge is 0.356 e. The van der Waals surface area contributed by atoms with Crippen molar-refractivity contribution >= 4 is 39.9 Å². The van der Waals surface area contributed by atoms with E-state index in [1.165, 1.54) is 19.3 Å². The first kappa shape index (κ1) is 16.7. The third-order valence-corrected chi connectivity index (χ3v) is 5.31. The zero-order chi connectivity index (χ0) is 17.4. The predicted molar refractivity (Wildman–Crippen MR) is 108 cm³/mol. The van der Waals surface area contributed by atoms with Gasteiger partial charge in [-0.05, 0) is 49.4 Å². The normalized spacial score (nSPS) is 14.9. The van der Waals surface area contributed by atoms with Crippen LogP contribution in [0.3, 0.4) is 0 Å². The molecule has 3 aromatic rings. The lowest BCUT2D eigenvalue weighted by Crippen LogP contribution is -2.31. The maximum atomic E-state index is 6.50. The summed E-state index contributed by atoms with van der Waals surface area (Å²) in [4.78, 5) is 7.23. The van der Waals surface area contributed by atoms with Crippen molar-refractivity contribution in [3.63, 3.8) is 0 Å². The van der Waals surface area contributed by atoms with Crippen molar-refractivity contribution in [1.82, 2.24) is 4.98 Å². The van der Waals surface area contributed by atoms with E-state index in [0.717, 1.165) is 46.5 Å². The minimum Gasteiger partial charge on any atom is -0.356 e. The molecule has 1 saturated heterocycles. The van der Waals surface area contributed by atoms with E-state index in [4.69, 9.17) is 28.2 Å². The molecule has 1 aliphatic heterocycles. The number of rotatable bonds is 2. The molecule has 1 aromatic heterocycles. The Labute approximate surface area is 158 Å². The van der Waals surface area contributed by atoms with Gasteiger partial charge in [-0.3, -0.25) is 0 Å². The van der Waals surface area contributed by atoms with Crippen LogP contribution >= 0.6 is 23.2 Å². The van der Waals surface area contributed by atoms with Crippen LogP contribution in [0.15, 0.2) is 42.5 Å². The van der Waals surface area contributed by atoms with Crippen LogP contribution in [0.5, 0.6) is 0 Å². The van der Waals surface area contributed by atoms with Gasteiger partial charge in [0.05, 0.1) is 10.5 Å². The van der Waals surface area contributed by atoms with Crippen molar-refractivity contribution in [3.8, 4) is 11.1 Å². The smallest absolute Gasteiger partial charge is 0.133 e.